The number of nitriles is 1. The molecule has 0 aliphatic rings. The van der Waals surface area contributed by atoms with Crippen LogP contribution in [-0.2, 0) is 12.6 Å². The van der Waals surface area contributed by atoms with Gasteiger partial charge in [0.25, 0.3) is 0 Å². The van der Waals surface area contributed by atoms with Gasteiger partial charge in [0.05, 0.1) is 29.0 Å². The summed E-state index contributed by atoms with van der Waals surface area (Å²) in [5.41, 5.74) is -0.380. The Labute approximate surface area is 148 Å². The molecule has 1 aromatic heterocycles. The SMILES string of the molecule is Cc1cc(CCCCCOc2c(Cl)cc(C#N)cc2C(F)(F)F)on1. The predicted molar refractivity (Wildman–Crippen MR) is 85.5 cm³/mol. The van der Waals surface area contributed by atoms with E-state index in [1.165, 1.54) is 6.07 Å². The summed E-state index contributed by atoms with van der Waals surface area (Å²) >= 11 is 5.85. The second-order valence-corrected chi connectivity index (χ2v) is 5.95. The van der Waals surface area contributed by atoms with Gasteiger partial charge >= 0.3 is 6.18 Å². The molecule has 0 N–H and O–H groups in total. The van der Waals surface area contributed by atoms with Gasteiger partial charge in [-0.05, 0) is 38.3 Å². The summed E-state index contributed by atoms with van der Waals surface area (Å²) < 4.78 is 49.6. The van der Waals surface area contributed by atoms with E-state index in [4.69, 9.17) is 26.1 Å². The molecule has 1 heterocycles. The highest BCUT2D eigenvalue weighted by atomic mass is 35.5. The number of aryl methyl sites for hydroxylation is 2. The van der Waals surface area contributed by atoms with Gasteiger partial charge in [-0.25, -0.2) is 0 Å². The highest BCUT2D eigenvalue weighted by molar-refractivity contribution is 6.32. The van der Waals surface area contributed by atoms with E-state index in [1.807, 2.05) is 13.0 Å². The molecular weight excluding hydrogens is 357 g/mol. The maximum absolute atomic E-state index is 13.1. The Morgan fingerprint density at radius 3 is 2.60 bits per heavy atom. The Hall–Kier alpha value is -2.20. The van der Waals surface area contributed by atoms with Crippen molar-refractivity contribution in [3.8, 4) is 11.8 Å². The van der Waals surface area contributed by atoms with Crippen LogP contribution in [-0.4, -0.2) is 11.8 Å². The molecule has 0 atom stereocenters. The van der Waals surface area contributed by atoms with Crippen LogP contribution in [0.15, 0.2) is 22.7 Å². The molecule has 2 aromatic rings. The lowest BCUT2D eigenvalue weighted by Gasteiger charge is -2.15. The Morgan fingerprint density at radius 2 is 2.00 bits per heavy atom. The van der Waals surface area contributed by atoms with Gasteiger partial charge < -0.3 is 9.26 Å². The number of halogens is 4. The molecule has 0 saturated heterocycles. The normalized spacial score (nSPS) is 11.4. The summed E-state index contributed by atoms with van der Waals surface area (Å²) in [6.07, 6.45) is -1.79. The number of benzene rings is 1. The largest absolute Gasteiger partial charge is 0.491 e. The first-order valence-corrected chi connectivity index (χ1v) is 8.05. The van der Waals surface area contributed by atoms with Crippen molar-refractivity contribution >= 4 is 11.6 Å². The Bertz CT molecular complexity index is 766. The van der Waals surface area contributed by atoms with E-state index in [0.29, 0.717) is 12.8 Å². The molecule has 25 heavy (non-hydrogen) atoms. The first-order valence-electron chi connectivity index (χ1n) is 7.67. The fourth-order valence-corrected chi connectivity index (χ4v) is 2.58. The molecule has 0 aliphatic heterocycles. The van der Waals surface area contributed by atoms with Crippen molar-refractivity contribution in [2.24, 2.45) is 0 Å². The molecule has 0 bridgehead atoms. The third-order valence-corrected chi connectivity index (χ3v) is 3.75. The van der Waals surface area contributed by atoms with Gasteiger partial charge in [-0.15, -0.1) is 0 Å². The lowest BCUT2D eigenvalue weighted by Crippen LogP contribution is -2.10. The minimum absolute atomic E-state index is 0.101. The molecule has 0 spiro atoms. The third-order valence-electron chi connectivity index (χ3n) is 3.47. The van der Waals surface area contributed by atoms with E-state index in [2.05, 4.69) is 5.16 Å². The van der Waals surface area contributed by atoms with Crippen molar-refractivity contribution in [2.45, 2.75) is 38.8 Å². The van der Waals surface area contributed by atoms with Crippen LogP contribution in [0.2, 0.25) is 5.02 Å². The van der Waals surface area contributed by atoms with Gasteiger partial charge in [0, 0.05) is 12.5 Å². The lowest BCUT2D eigenvalue weighted by atomic mass is 10.1. The number of aromatic nitrogens is 1. The number of unbranched alkanes of at least 4 members (excludes halogenated alkanes) is 2. The topological polar surface area (TPSA) is 59.0 Å². The Kier molecular flexibility index (Phi) is 6.32. The first kappa shape index (κ1) is 19.1. The molecule has 0 radical (unpaired) electrons. The second-order valence-electron chi connectivity index (χ2n) is 5.54. The molecule has 134 valence electrons. The average Bonchev–Trinajstić information content (AvgIpc) is 2.95. The molecule has 8 heteroatoms. The zero-order valence-corrected chi connectivity index (χ0v) is 14.2. The molecular formula is C17H16ClF3N2O2. The Morgan fingerprint density at radius 1 is 1.24 bits per heavy atom. The molecule has 0 saturated carbocycles. The van der Waals surface area contributed by atoms with Crippen molar-refractivity contribution < 1.29 is 22.4 Å². The highest BCUT2D eigenvalue weighted by Gasteiger charge is 2.36. The maximum atomic E-state index is 13.1. The summed E-state index contributed by atoms with van der Waals surface area (Å²) in [6, 6.07) is 5.41. The third kappa shape index (κ3) is 5.40. The summed E-state index contributed by atoms with van der Waals surface area (Å²) in [5, 5.41) is 12.3. The lowest BCUT2D eigenvalue weighted by molar-refractivity contribution is -0.139. The first-order chi connectivity index (χ1) is 11.8. The van der Waals surface area contributed by atoms with Crippen molar-refractivity contribution in [2.75, 3.05) is 6.61 Å². The van der Waals surface area contributed by atoms with Crippen LogP contribution < -0.4 is 4.74 Å². The number of rotatable bonds is 7. The summed E-state index contributed by atoms with van der Waals surface area (Å²) in [6.45, 7) is 1.94. The molecule has 0 aliphatic carbocycles. The van der Waals surface area contributed by atoms with Crippen molar-refractivity contribution in [3.63, 3.8) is 0 Å². The molecule has 0 unspecified atom stereocenters. The summed E-state index contributed by atoms with van der Waals surface area (Å²) in [4.78, 5) is 0. The minimum Gasteiger partial charge on any atom is -0.491 e. The molecule has 1 aromatic carbocycles. The van der Waals surface area contributed by atoms with Crippen molar-refractivity contribution in [1.82, 2.24) is 5.16 Å². The van der Waals surface area contributed by atoms with E-state index in [0.717, 1.165) is 30.4 Å². The van der Waals surface area contributed by atoms with E-state index in [1.54, 1.807) is 6.07 Å². The van der Waals surface area contributed by atoms with Crippen LogP contribution in [0.25, 0.3) is 0 Å². The standard InChI is InChI=1S/C17H16ClF3N2O2/c1-11-7-13(25-23-11)5-3-2-4-6-24-16-14(17(19,20)21)8-12(10-22)9-15(16)18/h7-9H,2-6H2,1H3. The van der Waals surface area contributed by atoms with Gasteiger partial charge in [-0.3, -0.25) is 0 Å². The molecule has 4 nitrogen and oxygen atoms in total. The number of hydrogen-bond donors (Lipinski definition) is 0. The smallest absolute Gasteiger partial charge is 0.420 e. The number of alkyl halides is 3. The van der Waals surface area contributed by atoms with Crippen LogP contribution in [0.1, 0.15) is 41.8 Å². The van der Waals surface area contributed by atoms with E-state index in [9.17, 15) is 13.2 Å². The van der Waals surface area contributed by atoms with Crippen LogP contribution in [0.3, 0.4) is 0 Å². The monoisotopic (exact) mass is 372 g/mol. The van der Waals surface area contributed by atoms with E-state index in [-0.39, 0.29) is 17.2 Å². The molecule has 2 rings (SSSR count). The quantitative estimate of drug-likeness (QED) is 0.617. The zero-order valence-electron chi connectivity index (χ0n) is 13.5. The van der Waals surface area contributed by atoms with Gasteiger partial charge in [0.2, 0.25) is 0 Å². The second kappa shape index (κ2) is 8.26. The van der Waals surface area contributed by atoms with E-state index < -0.39 is 17.5 Å². The maximum Gasteiger partial charge on any atom is 0.420 e. The number of nitrogens with zero attached hydrogens (tertiary/aromatic N) is 2. The fourth-order valence-electron chi connectivity index (χ4n) is 2.30. The average molecular weight is 373 g/mol. The highest BCUT2D eigenvalue weighted by Crippen LogP contribution is 2.41. The minimum atomic E-state index is -4.64. The fraction of sp³-hybridized carbons (Fsp3) is 0.412. The molecule has 0 amide bonds. The summed E-state index contributed by atoms with van der Waals surface area (Å²) in [5.74, 6) is 0.354. The van der Waals surface area contributed by atoms with Gasteiger partial charge in [-0.2, -0.15) is 18.4 Å². The summed E-state index contributed by atoms with van der Waals surface area (Å²) in [7, 11) is 0. The Balaban J connectivity index is 1.88. The van der Waals surface area contributed by atoms with Crippen molar-refractivity contribution in [3.05, 3.63) is 45.8 Å². The number of ether oxygens (including phenoxy) is 1. The molecule has 0 fully saturated rings. The van der Waals surface area contributed by atoms with Gasteiger partial charge in [0.1, 0.15) is 17.1 Å². The predicted octanol–water partition coefficient (Wildman–Crippen LogP) is 5.32. The van der Waals surface area contributed by atoms with Crippen LogP contribution in [0.5, 0.6) is 5.75 Å². The van der Waals surface area contributed by atoms with Gasteiger partial charge in [-0.1, -0.05) is 16.8 Å². The zero-order chi connectivity index (χ0) is 18.4. The number of hydrogen-bond acceptors (Lipinski definition) is 4. The van der Waals surface area contributed by atoms with Crippen molar-refractivity contribution in [1.29, 1.82) is 5.26 Å². The van der Waals surface area contributed by atoms with E-state index >= 15 is 0 Å². The van der Waals surface area contributed by atoms with Gasteiger partial charge in [0.15, 0.2) is 0 Å². The van der Waals surface area contributed by atoms with Crippen LogP contribution in [0.4, 0.5) is 13.2 Å². The van der Waals surface area contributed by atoms with Crippen LogP contribution >= 0.6 is 11.6 Å². The van der Waals surface area contributed by atoms with Crippen LogP contribution in [0, 0.1) is 18.3 Å².